The van der Waals surface area contributed by atoms with Gasteiger partial charge in [-0.25, -0.2) is 0 Å². The van der Waals surface area contributed by atoms with Gasteiger partial charge in [0.25, 0.3) is 0 Å². The van der Waals surface area contributed by atoms with Crippen LogP contribution in [-0.2, 0) is 5.60 Å². The van der Waals surface area contributed by atoms with Crippen LogP contribution in [0.4, 0.5) is 0 Å². The number of rotatable bonds is 3. The van der Waals surface area contributed by atoms with Crippen LogP contribution in [0.25, 0.3) is 0 Å². The second-order valence-corrected chi connectivity index (χ2v) is 6.89. The number of benzene rings is 1. The third-order valence-corrected chi connectivity index (χ3v) is 5.08. The van der Waals surface area contributed by atoms with Crippen molar-refractivity contribution in [3.63, 3.8) is 0 Å². The van der Waals surface area contributed by atoms with Crippen LogP contribution in [0.15, 0.2) is 24.3 Å². The zero-order valence-corrected chi connectivity index (χ0v) is 12.5. The van der Waals surface area contributed by atoms with E-state index < -0.39 is 5.60 Å². The standard InChI is InChI=1S/C14H20ClNOS/c1-16(2)9-11-10-18-8-7-14(11,17)12-5-3-4-6-13(12)15/h3-6,11,17H,7-10H2,1-2H3/p+1/t11-,14-/m1/s1. The molecule has 0 saturated carbocycles. The first-order valence-corrected chi connectivity index (χ1v) is 7.91. The van der Waals surface area contributed by atoms with Crippen LogP contribution < -0.4 is 4.90 Å². The van der Waals surface area contributed by atoms with Gasteiger partial charge in [0.15, 0.2) is 0 Å². The normalized spacial score (nSPS) is 28.6. The minimum atomic E-state index is -0.763. The van der Waals surface area contributed by atoms with Crippen molar-refractivity contribution in [2.45, 2.75) is 12.0 Å². The van der Waals surface area contributed by atoms with Gasteiger partial charge in [0.1, 0.15) is 5.60 Å². The minimum absolute atomic E-state index is 0.265. The van der Waals surface area contributed by atoms with E-state index in [4.69, 9.17) is 11.6 Å². The number of hydrogen-bond acceptors (Lipinski definition) is 2. The molecule has 4 heteroatoms. The van der Waals surface area contributed by atoms with E-state index in [2.05, 4.69) is 14.1 Å². The molecule has 2 rings (SSSR count). The number of quaternary nitrogens is 1. The number of hydrogen-bond donors (Lipinski definition) is 2. The maximum atomic E-state index is 11.1. The van der Waals surface area contributed by atoms with Crippen LogP contribution >= 0.6 is 23.4 Å². The number of aliphatic hydroxyl groups is 1. The average Bonchev–Trinajstić information content (AvgIpc) is 2.32. The maximum absolute atomic E-state index is 11.1. The SMILES string of the molecule is C[NH+](C)C[C@@H]1CSCC[C@]1(O)c1ccccc1Cl. The van der Waals surface area contributed by atoms with Gasteiger partial charge >= 0.3 is 0 Å². The molecule has 0 amide bonds. The summed E-state index contributed by atoms with van der Waals surface area (Å²) in [6, 6.07) is 7.71. The zero-order chi connectivity index (χ0) is 13.2. The first kappa shape index (κ1) is 14.2. The van der Waals surface area contributed by atoms with Gasteiger partial charge in [0, 0.05) is 16.3 Å². The van der Waals surface area contributed by atoms with Gasteiger partial charge in [-0.2, -0.15) is 11.8 Å². The largest absolute Gasteiger partial charge is 0.385 e. The van der Waals surface area contributed by atoms with Crippen LogP contribution in [0, 0.1) is 5.92 Å². The Morgan fingerprint density at radius 2 is 2.17 bits per heavy atom. The lowest BCUT2D eigenvalue weighted by Crippen LogP contribution is -3.07. The summed E-state index contributed by atoms with van der Waals surface area (Å²) >= 11 is 8.21. The molecule has 0 unspecified atom stereocenters. The molecule has 1 aromatic carbocycles. The van der Waals surface area contributed by atoms with Crippen LogP contribution in [0.1, 0.15) is 12.0 Å². The lowest BCUT2D eigenvalue weighted by Gasteiger charge is -2.40. The Morgan fingerprint density at radius 3 is 2.83 bits per heavy atom. The Hall–Kier alpha value is -0.220. The van der Waals surface area contributed by atoms with Gasteiger partial charge in [-0.1, -0.05) is 29.8 Å². The quantitative estimate of drug-likeness (QED) is 0.879. The molecule has 1 saturated heterocycles. The molecule has 2 N–H and O–H groups in total. The van der Waals surface area contributed by atoms with E-state index in [0.717, 1.165) is 30.0 Å². The molecule has 0 bridgehead atoms. The highest BCUT2D eigenvalue weighted by Crippen LogP contribution is 2.42. The van der Waals surface area contributed by atoms with Crippen LogP contribution in [0.5, 0.6) is 0 Å². The van der Waals surface area contributed by atoms with Gasteiger partial charge in [-0.3, -0.25) is 0 Å². The summed E-state index contributed by atoms with van der Waals surface area (Å²) in [4.78, 5) is 1.37. The van der Waals surface area contributed by atoms with Gasteiger partial charge in [-0.15, -0.1) is 0 Å². The number of nitrogens with one attached hydrogen (secondary N) is 1. The first-order valence-electron chi connectivity index (χ1n) is 6.38. The second-order valence-electron chi connectivity index (χ2n) is 5.34. The van der Waals surface area contributed by atoms with Crippen molar-refractivity contribution in [3.8, 4) is 0 Å². The van der Waals surface area contributed by atoms with Crippen LogP contribution in [0.3, 0.4) is 0 Å². The third kappa shape index (κ3) is 2.85. The molecule has 1 heterocycles. The summed E-state index contributed by atoms with van der Waals surface area (Å²) in [5.41, 5.74) is 0.138. The van der Waals surface area contributed by atoms with E-state index in [1.807, 2.05) is 36.0 Å². The van der Waals surface area contributed by atoms with Crippen molar-refractivity contribution < 1.29 is 10.0 Å². The monoisotopic (exact) mass is 286 g/mol. The Kier molecular flexibility index (Phi) is 4.59. The Morgan fingerprint density at radius 1 is 1.44 bits per heavy atom. The molecule has 0 radical (unpaired) electrons. The molecule has 1 aromatic rings. The Bertz CT molecular complexity index is 413. The molecule has 0 aromatic heterocycles. The molecule has 0 aliphatic carbocycles. The maximum Gasteiger partial charge on any atom is 0.101 e. The summed E-state index contributed by atoms with van der Waals surface area (Å²) in [6.07, 6.45) is 0.791. The summed E-state index contributed by atoms with van der Waals surface area (Å²) in [5.74, 6) is 2.27. The fraction of sp³-hybridized carbons (Fsp3) is 0.571. The van der Waals surface area contributed by atoms with Crippen molar-refractivity contribution >= 4 is 23.4 Å². The topological polar surface area (TPSA) is 24.7 Å². The second kappa shape index (κ2) is 5.83. The fourth-order valence-corrected chi connectivity index (χ4v) is 4.28. The summed E-state index contributed by atoms with van der Waals surface area (Å²) < 4.78 is 0. The highest BCUT2D eigenvalue weighted by atomic mass is 35.5. The Labute approximate surface area is 118 Å². The van der Waals surface area contributed by atoms with Gasteiger partial charge in [0.05, 0.1) is 26.6 Å². The molecule has 1 aliphatic heterocycles. The van der Waals surface area contributed by atoms with Crippen molar-refractivity contribution in [3.05, 3.63) is 34.9 Å². The van der Waals surface area contributed by atoms with Gasteiger partial charge in [-0.05, 0) is 18.2 Å². The van der Waals surface area contributed by atoms with E-state index >= 15 is 0 Å². The molecule has 18 heavy (non-hydrogen) atoms. The van der Waals surface area contributed by atoms with Crippen molar-refractivity contribution in [1.29, 1.82) is 0 Å². The molecular weight excluding hydrogens is 266 g/mol. The number of halogens is 1. The lowest BCUT2D eigenvalue weighted by molar-refractivity contribution is -0.863. The molecule has 0 spiro atoms. The molecule has 2 atom stereocenters. The average molecular weight is 287 g/mol. The smallest absolute Gasteiger partial charge is 0.101 e. The molecular formula is C14H21ClNOS+. The molecule has 1 fully saturated rings. The first-order chi connectivity index (χ1) is 8.54. The summed E-state index contributed by atoms with van der Waals surface area (Å²) in [7, 11) is 4.26. The van der Waals surface area contributed by atoms with E-state index in [0.29, 0.717) is 5.02 Å². The fourth-order valence-electron chi connectivity index (χ4n) is 2.68. The molecule has 2 nitrogen and oxygen atoms in total. The number of thioether (sulfide) groups is 1. The summed E-state index contributed by atoms with van der Waals surface area (Å²) in [6.45, 7) is 0.967. The highest BCUT2D eigenvalue weighted by molar-refractivity contribution is 7.99. The minimum Gasteiger partial charge on any atom is -0.385 e. The van der Waals surface area contributed by atoms with Gasteiger partial charge < -0.3 is 10.0 Å². The predicted molar refractivity (Wildman–Crippen MR) is 78.5 cm³/mol. The Balaban J connectivity index is 2.33. The van der Waals surface area contributed by atoms with E-state index in [-0.39, 0.29) is 5.92 Å². The van der Waals surface area contributed by atoms with E-state index in [1.54, 1.807) is 0 Å². The van der Waals surface area contributed by atoms with Crippen LogP contribution in [0.2, 0.25) is 5.02 Å². The van der Waals surface area contributed by atoms with E-state index in [9.17, 15) is 5.11 Å². The van der Waals surface area contributed by atoms with Crippen molar-refractivity contribution in [2.75, 3.05) is 32.1 Å². The predicted octanol–water partition coefficient (Wildman–Crippen LogP) is 1.43. The molecule has 100 valence electrons. The van der Waals surface area contributed by atoms with Crippen molar-refractivity contribution in [2.24, 2.45) is 5.92 Å². The third-order valence-electron chi connectivity index (χ3n) is 3.62. The van der Waals surface area contributed by atoms with E-state index in [1.165, 1.54) is 4.90 Å². The molecule has 1 aliphatic rings. The van der Waals surface area contributed by atoms with Crippen molar-refractivity contribution in [1.82, 2.24) is 0 Å². The lowest BCUT2D eigenvalue weighted by atomic mass is 9.79. The summed E-state index contributed by atoms with van der Waals surface area (Å²) in [5, 5.41) is 11.8. The van der Waals surface area contributed by atoms with Crippen LogP contribution in [-0.4, -0.2) is 37.3 Å². The highest BCUT2D eigenvalue weighted by Gasteiger charge is 2.43. The zero-order valence-electron chi connectivity index (χ0n) is 10.9. The van der Waals surface area contributed by atoms with Gasteiger partial charge in [0.2, 0.25) is 0 Å².